The van der Waals surface area contributed by atoms with E-state index in [1.165, 1.54) is 31.3 Å². The van der Waals surface area contributed by atoms with Crippen LogP contribution in [0.1, 0.15) is 0 Å². The number of hydrogen-bond acceptors (Lipinski definition) is 5. The summed E-state index contributed by atoms with van der Waals surface area (Å²) in [5.74, 6) is 2.45. The van der Waals surface area contributed by atoms with E-state index in [0.717, 1.165) is 50.1 Å². The highest BCUT2D eigenvalue weighted by Crippen LogP contribution is 2.42. The lowest BCUT2D eigenvalue weighted by atomic mass is 9.95. The molecule has 53 heavy (non-hydrogen) atoms. The lowest BCUT2D eigenvalue weighted by Crippen LogP contribution is -2.07. The van der Waals surface area contributed by atoms with Crippen molar-refractivity contribution in [2.24, 2.45) is 0 Å². The maximum atomic E-state index is 5.22. The molecule has 7 aromatic carbocycles. The fraction of sp³-hybridized carbons (Fsp3) is 0. The summed E-state index contributed by atoms with van der Waals surface area (Å²) in [5, 5.41) is 2.59. The monoisotopic (exact) mass is 696 g/mol. The molecule has 0 radical (unpaired) electrons. The van der Waals surface area contributed by atoms with Crippen molar-refractivity contribution in [1.82, 2.24) is 28.9 Å². The lowest BCUT2D eigenvalue weighted by Gasteiger charge is -2.11. The van der Waals surface area contributed by atoms with Crippen LogP contribution in [-0.4, -0.2) is 28.9 Å². The minimum absolute atomic E-state index is 0.509. The fourth-order valence-corrected chi connectivity index (χ4v) is 8.77. The molecule has 0 fully saturated rings. The summed E-state index contributed by atoms with van der Waals surface area (Å²) in [4.78, 5) is 20.5. The van der Waals surface area contributed by atoms with Crippen LogP contribution in [-0.2, 0) is 0 Å². The molecular formula is C46H28N6S. The van der Waals surface area contributed by atoms with Gasteiger partial charge in [-0.3, -0.25) is 4.40 Å². The predicted molar refractivity (Wildman–Crippen MR) is 218 cm³/mol. The summed E-state index contributed by atoms with van der Waals surface area (Å²) < 4.78 is 6.94. The van der Waals surface area contributed by atoms with E-state index in [-0.39, 0.29) is 0 Å². The van der Waals surface area contributed by atoms with Gasteiger partial charge in [0, 0.05) is 36.9 Å². The van der Waals surface area contributed by atoms with Gasteiger partial charge in [-0.25, -0.2) is 14.5 Å². The predicted octanol–water partition coefficient (Wildman–Crippen LogP) is 11.7. The first-order valence-corrected chi connectivity index (χ1v) is 18.4. The highest BCUT2D eigenvalue weighted by molar-refractivity contribution is 7.25. The minimum Gasteiger partial charge on any atom is -0.275 e. The van der Waals surface area contributed by atoms with Crippen molar-refractivity contribution in [3.63, 3.8) is 0 Å². The van der Waals surface area contributed by atoms with Crippen LogP contribution in [0.15, 0.2) is 170 Å². The molecule has 0 amide bonds. The summed E-state index contributed by atoms with van der Waals surface area (Å²) in [6.45, 7) is 0. The summed E-state index contributed by atoms with van der Waals surface area (Å²) in [6.07, 6.45) is 0. The van der Waals surface area contributed by atoms with Gasteiger partial charge in [-0.05, 0) is 53.1 Å². The van der Waals surface area contributed by atoms with Gasteiger partial charge in [-0.1, -0.05) is 133 Å². The first kappa shape index (κ1) is 29.7. The summed E-state index contributed by atoms with van der Waals surface area (Å²) in [6, 6.07) is 59.2. The topological polar surface area (TPSA) is 60.9 Å². The SMILES string of the molecule is c1ccc(-c2nc(-c3ccccc3)nc(-n3c4cccc(-c5cccc(-c6cccc7sc8ccccc8c67)c5)c4n4c5ccccc5nc34)n2)cc1. The summed E-state index contributed by atoms with van der Waals surface area (Å²) in [7, 11) is 0. The van der Waals surface area contributed by atoms with E-state index in [1.807, 2.05) is 78.1 Å². The first-order chi connectivity index (χ1) is 26.3. The lowest BCUT2D eigenvalue weighted by molar-refractivity contribution is 0.937. The maximum Gasteiger partial charge on any atom is 0.241 e. The zero-order valence-corrected chi connectivity index (χ0v) is 29.1. The quantitative estimate of drug-likeness (QED) is 0.180. The van der Waals surface area contributed by atoms with Crippen LogP contribution >= 0.6 is 11.3 Å². The van der Waals surface area contributed by atoms with Crippen molar-refractivity contribution in [3.05, 3.63) is 170 Å². The molecule has 0 spiro atoms. The normalized spacial score (nSPS) is 11.8. The molecular weight excluding hydrogens is 669 g/mol. The smallest absolute Gasteiger partial charge is 0.241 e. The van der Waals surface area contributed by atoms with Crippen LogP contribution < -0.4 is 0 Å². The molecule has 6 nitrogen and oxygen atoms in total. The molecule has 4 heterocycles. The molecule has 0 aliphatic rings. The van der Waals surface area contributed by atoms with Gasteiger partial charge in [0.15, 0.2) is 11.6 Å². The van der Waals surface area contributed by atoms with Crippen LogP contribution in [0.4, 0.5) is 0 Å². The number of fused-ring (bicyclic) bond motifs is 8. The Balaban J connectivity index is 1.18. The molecule has 0 saturated heterocycles. The van der Waals surface area contributed by atoms with Crippen LogP contribution in [0.3, 0.4) is 0 Å². The molecule has 0 aliphatic heterocycles. The molecule has 7 heteroatoms. The summed E-state index contributed by atoms with van der Waals surface area (Å²) in [5.41, 5.74) is 10.4. The van der Waals surface area contributed by atoms with Gasteiger partial charge in [-0.2, -0.15) is 9.97 Å². The van der Waals surface area contributed by atoms with E-state index < -0.39 is 0 Å². The van der Waals surface area contributed by atoms with Crippen LogP contribution in [0, 0.1) is 0 Å². The van der Waals surface area contributed by atoms with Gasteiger partial charge in [0.05, 0.1) is 22.1 Å². The first-order valence-electron chi connectivity index (χ1n) is 17.6. The minimum atomic E-state index is 0.509. The van der Waals surface area contributed by atoms with Gasteiger partial charge in [0.2, 0.25) is 11.7 Å². The molecule has 11 rings (SSSR count). The Hall–Kier alpha value is -6.96. The number of aromatic nitrogens is 6. The van der Waals surface area contributed by atoms with Gasteiger partial charge >= 0.3 is 0 Å². The number of rotatable bonds is 5. The summed E-state index contributed by atoms with van der Waals surface area (Å²) >= 11 is 1.85. The van der Waals surface area contributed by atoms with Crippen molar-refractivity contribution in [2.75, 3.05) is 0 Å². The van der Waals surface area contributed by atoms with Crippen molar-refractivity contribution >= 4 is 59.4 Å². The number of thiophene rings is 1. The third-order valence-corrected chi connectivity index (χ3v) is 11.1. The van der Waals surface area contributed by atoms with E-state index in [1.54, 1.807) is 0 Å². The van der Waals surface area contributed by atoms with Gasteiger partial charge in [0.1, 0.15) is 0 Å². The highest BCUT2D eigenvalue weighted by atomic mass is 32.1. The third kappa shape index (κ3) is 4.71. The highest BCUT2D eigenvalue weighted by Gasteiger charge is 2.23. The van der Waals surface area contributed by atoms with Crippen molar-refractivity contribution in [1.29, 1.82) is 0 Å². The standard InChI is InChI=1S/C46H28N6S/c1-3-14-29(15-4-1)43-48-44(30-16-5-2-6-17-30)50-45(49-43)52-38-25-12-22-34(42(38)51-37-24-9-8-23-36(37)47-46(51)52)32-19-11-18-31(28-32)33-21-13-27-40-41(33)35-20-7-10-26-39(35)53-40/h1-28H. The Morgan fingerprint density at radius 2 is 1.02 bits per heavy atom. The van der Waals surface area contributed by atoms with Gasteiger partial charge in [-0.15, -0.1) is 11.3 Å². The van der Waals surface area contributed by atoms with Crippen molar-refractivity contribution in [3.8, 4) is 51.0 Å². The van der Waals surface area contributed by atoms with Crippen molar-refractivity contribution in [2.45, 2.75) is 0 Å². The van der Waals surface area contributed by atoms with Crippen LogP contribution in [0.2, 0.25) is 0 Å². The second kappa shape index (κ2) is 11.8. The number of hydrogen-bond donors (Lipinski definition) is 0. The second-order valence-electron chi connectivity index (χ2n) is 13.1. The van der Waals surface area contributed by atoms with E-state index in [2.05, 4.69) is 112 Å². The Kier molecular flexibility index (Phi) is 6.62. The number of para-hydroxylation sites is 3. The molecule has 0 saturated carbocycles. The fourth-order valence-electron chi connectivity index (χ4n) is 7.64. The van der Waals surface area contributed by atoms with E-state index >= 15 is 0 Å². The molecule has 0 bridgehead atoms. The number of imidazole rings is 2. The molecule has 0 aliphatic carbocycles. The molecule has 0 atom stereocenters. The van der Waals surface area contributed by atoms with Crippen molar-refractivity contribution < 1.29 is 0 Å². The van der Waals surface area contributed by atoms with Gasteiger partial charge in [0.25, 0.3) is 0 Å². The largest absolute Gasteiger partial charge is 0.275 e. The van der Waals surface area contributed by atoms with Crippen LogP contribution in [0.25, 0.3) is 99.0 Å². The number of nitrogens with zero attached hydrogens (tertiary/aromatic N) is 6. The van der Waals surface area contributed by atoms with Gasteiger partial charge < -0.3 is 0 Å². The van der Waals surface area contributed by atoms with E-state index in [9.17, 15) is 0 Å². The zero-order chi connectivity index (χ0) is 34.9. The molecule has 11 aromatic rings. The molecule has 0 N–H and O–H groups in total. The Morgan fingerprint density at radius 3 is 1.81 bits per heavy atom. The Bertz CT molecular complexity index is 3120. The third-order valence-electron chi connectivity index (χ3n) is 10.00. The number of benzene rings is 7. The Morgan fingerprint density at radius 1 is 0.434 bits per heavy atom. The average molecular weight is 697 g/mol. The second-order valence-corrected chi connectivity index (χ2v) is 14.2. The van der Waals surface area contributed by atoms with Crippen LogP contribution in [0.5, 0.6) is 0 Å². The van der Waals surface area contributed by atoms with E-state index in [4.69, 9.17) is 19.9 Å². The average Bonchev–Trinajstić information content (AvgIpc) is 3.90. The zero-order valence-electron chi connectivity index (χ0n) is 28.3. The maximum absolute atomic E-state index is 5.22. The molecule has 248 valence electrons. The molecule has 4 aromatic heterocycles. The van der Waals surface area contributed by atoms with E-state index in [0.29, 0.717) is 17.6 Å². The Labute approximate surface area is 307 Å². The molecule has 0 unspecified atom stereocenters.